The molecule has 0 saturated carbocycles. The normalized spacial score (nSPS) is 11.1. The molecular weight excluding hydrogens is 242 g/mol. The first-order valence-corrected chi connectivity index (χ1v) is 6.42. The van der Waals surface area contributed by atoms with E-state index in [4.69, 9.17) is 5.11 Å². The van der Waals surface area contributed by atoms with Gasteiger partial charge in [0.1, 0.15) is 5.82 Å². The molecule has 1 heterocycles. The van der Waals surface area contributed by atoms with E-state index in [-0.39, 0.29) is 6.42 Å². The second-order valence-corrected chi connectivity index (χ2v) is 4.72. The Morgan fingerprint density at radius 2 is 2.26 bits per heavy atom. The molecule has 2 aromatic rings. The van der Waals surface area contributed by atoms with Crippen LogP contribution in [0, 0.1) is 6.92 Å². The van der Waals surface area contributed by atoms with Crippen LogP contribution in [-0.4, -0.2) is 27.2 Å². The zero-order valence-electron chi connectivity index (χ0n) is 11.3. The van der Waals surface area contributed by atoms with E-state index in [1.54, 1.807) is 0 Å². The number of carboxylic acid groups (broad SMARTS) is 1. The number of benzene rings is 1. The predicted octanol–water partition coefficient (Wildman–Crippen LogP) is 1.84. The summed E-state index contributed by atoms with van der Waals surface area (Å²) in [5.74, 6) is 0.258. The largest absolute Gasteiger partial charge is 0.481 e. The van der Waals surface area contributed by atoms with Crippen LogP contribution in [0.2, 0.25) is 0 Å². The Bertz CT molecular complexity index is 590. The molecule has 0 bridgehead atoms. The summed E-state index contributed by atoms with van der Waals surface area (Å²) in [6.07, 6.45) is 0.867. The van der Waals surface area contributed by atoms with Crippen LogP contribution in [0.4, 0.5) is 0 Å². The van der Waals surface area contributed by atoms with Crippen molar-refractivity contribution in [1.29, 1.82) is 0 Å². The lowest BCUT2D eigenvalue weighted by molar-refractivity contribution is -0.137. The van der Waals surface area contributed by atoms with E-state index >= 15 is 0 Å². The summed E-state index contributed by atoms with van der Waals surface area (Å²) in [5, 5.41) is 11.8. The van der Waals surface area contributed by atoms with Crippen LogP contribution in [0.15, 0.2) is 18.2 Å². The number of nitrogens with zero attached hydrogens (tertiary/aromatic N) is 2. The molecule has 1 aromatic heterocycles. The Hall–Kier alpha value is -1.88. The van der Waals surface area contributed by atoms with Crippen molar-refractivity contribution in [1.82, 2.24) is 14.9 Å². The highest BCUT2D eigenvalue weighted by Crippen LogP contribution is 2.16. The van der Waals surface area contributed by atoms with E-state index in [2.05, 4.69) is 33.1 Å². The molecule has 2 rings (SSSR count). The quantitative estimate of drug-likeness (QED) is 0.779. The van der Waals surface area contributed by atoms with Gasteiger partial charge in [0.25, 0.3) is 0 Å². The fourth-order valence-electron chi connectivity index (χ4n) is 2.07. The maximum atomic E-state index is 10.4. The Kier molecular flexibility index (Phi) is 4.16. The summed E-state index contributed by atoms with van der Waals surface area (Å²) in [6, 6.07) is 6.23. The number of aliphatic carboxylic acids is 1. The third kappa shape index (κ3) is 3.32. The lowest BCUT2D eigenvalue weighted by atomic mass is 10.2. The van der Waals surface area contributed by atoms with Gasteiger partial charge < -0.3 is 15.0 Å². The molecule has 0 fully saturated rings. The monoisotopic (exact) mass is 261 g/mol. The van der Waals surface area contributed by atoms with Crippen molar-refractivity contribution in [3.63, 3.8) is 0 Å². The molecule has 5 heteroatoms. The summed E-state index contributed by atoms with van der Waals surface area (Å²) < 4.78 is 2.07. The minimum absolute atomic E-state index is 0.214. The van der Waals surface area contributed by atoms with Crippen molar-refractivity contribution in [2.45, 2.75) is 26.3 Å². The Labute approximate surface area is 112 Å². The minimum Gasteiger partial charge on any atom is -0.481 e. The topological polar surface area (TPSA) is 67.2 Å². The molecule has 5 nitrogen and oxygen atoms in total. The SMILES string of the molecule is Cc1nc2cc(CNCCCC(=O)O)ccc2n1C. The van der Waals surface area contributed by atoms with Gasteiger partial charge in [-0.05, 0) is 37.6 Å². The summed E-state index contributed by atoms with van der Waals surface area (Å²) in [5.41, 5.74) is 3.30. The van der Waals surface area contributed by atoms with Gasteiger partial charge in [0.2, 0.25) is 0 Å². The van der Waals surface area contributed by atoms with Crippen LogP contribution >= 0.6 is 0 Å². The van der Waals surface area contributed by atoms with Crippen molar-refractivity contribution >= 4 is 17.0 Å². The number of fused-ring (bicyclic) bond motifs is 1. The molecule has 0 unspecified atom stereocenters. The van der Waals surface area contributed by atoms with Crippen LogP contribution in [0.5, 0.6) is 0 Å². The molecule has 2 N–H and O–H groups in total. The summed E-state index contributed by atoms with van der Waals surface area (Å²) in [4.78, 5) is 14.9. The fraction of sp³-hybridized carbons (Fsp3) is 0.429. The molecule has 0 spiro atoms. The van der Waals surface area contributed by atoms with Gasteiger partial charge in [-0.2, -0.15) is 0 Å². The maximum absolute atomic E-state index is 10.4. The van der Waals surface area contributed by atoms with E-state index in [1.165, 1.54) is 5.56 Å². The number of nitrogens with one attached hydrogen (secondary N) is 1. The predicted molar refractivity (Wildman–Crippen MR) is 74.0 cm³/mol. The smallest absolute Gasteiger partial charge is 0.303 e. The highest BCUT2D eigenvalue weighted by molar-refractivity contribution is 5.76. The second-order valence-electron chi connectivity index (χ2n) is 4.72. The van der Waals surface area contributed by atoms with E-state index in [0.717, 1.165) is 23.4 Å². The van der Waals surface area contributed by atoms with E-state index in [0.29, 0.717) is 13.0 Å². The standard InChI is InChI=1S/C14H19N3O2/c1-10-16-12-8-11(5-6-13(12)17(10)2)9-15-7-3-4-14(18)19/h5-6,8,15H,3-4,7,9H2,1-2H3,(H,18,19). The van der Waals surface area contributed by atoms with Crippen LogP contribution in [-0.2, 0) is 18.4 Å². The number of imidazole rings is 1. The number of rotatable bonds is 6. The van der Waals surface area contributed by atoms with Gasteiger partial charge in [0.15, 0.2) is 0 Å². The molecule has 19 heavy (non-hydrogen) atoms. The van der Waals surface area contributed by atoms with Crippen LogP contribution in [0.1, 0.15) is 24.2 Å². The summed E-state index contributed by atoms with van der Waals surface area (Å²) in [6.45, 7) is 3.45. The Morgan fingerprint density at radius 3 is 3.00 bits per heavy atom. The molecule has 102 valence electrons. The van der Waals surface area contributed by atoms with Gasteiger partial charge in [-0.15, -0.1) is 0 Å². The first kappa shape index (κ1) is 13.5. The first-order valence-electron chi connectivity index (χ1n) is 6.42. The number of hydrogen-bond donors (Lipinski definition) is 2. The zero-order chi connectivity index (χ0) is 13.8. The van der Waals surface area contributed by atoms with Gasteiger partial charge in [0.05, 0.1) is 11.0 Å². The molecule has 0 atom stereocenters. The molecule has 0 aliphatic rings. The van der Waals surface area contributed by atoms with E-state index in [1.807, 2.05) is 14.0 Å². The van der Waals surface area contributed by atoms with Gasteiger partial charge >= 0.3 is 5.97 Å². The number of aryl methyl sites for hydroxylation is 2. The summed E-state index contributed by atoms with van der Waals surface area (Å²) >= 11 is 0. The highest BCUT2D eigenvalue weighted by atomic mass is 16.4. The number of carbonyl (C=O) groups is 1. The van der Waals surface area contributed by atoms with Crippen molar-refractivity contribution in [3.05, 3.63) is 29.6 Å². The van der Waals surface area contributed by atoms with Crippen LogP contribution in [0.25, 0.3) is 11.0 Å². The number of carboxylic acids is 1. The van der Waals surface area contributed by atoms with Crippen molar-refractivity contribution in [3.8, 4) is 0 Å². The van der Waals surface area contributed by atoms with Crippen molar-refractivity contribution in [2.75, 3.05) is 6.54 Å². The minimum atomic E-state index is -0.743. The molecular formula is C14H19N3O2. The van der Waals surface area contributed by atoms with Crippen LogP contribution < -0.4 is 5.32 Å². The molecule has 0 radical (unpaired) electrons. The lowest BCUT2D eigenvalue weighted by Gasteiger charge is -2.04. The van der Waals surface area contributed by atoms with Crippen LogP contribution in [0.3, 0.4) is 0 Å². The van der Waals surface area contributed by atoms with Gasteiger partial charge in [-0.25, -0.2) is 4.98 Å². The first-order chi connectivity index (χ1) is 9.08. The van der Waals surface area contributed by atoms with E-state index in [9.17, 15) is 4.79 Å². The van der Waals surface area contributed by atoms with Gasteiger partial charge in [0, 0.05) is 20.0 Å². The zero-order valence-corrected chi connectivity index (χ0v) is 11.3. The lowest BCUT2D eigenvalue weighted by Crippen LogP contribution is -2.15. The molecule has 0 amide bonds. The third-order valence-electron chi connectivity index (χ3n) is 3.24. The average Bonchev–Trinajstić information content (AvgIpc) is 2.64. The molecule has 0 aliphatic heterocycles. The number of hydrogen-bond acceptors (Lipinski definition) is 3. The average molecular weight is 261 g/mol. The van der Waals surface area contributed by atoms with Gasteiger partial charge in [-0.1, -0.05) is 6.07 Å². The van der Waals surface area contributed by atoms with Crippen molar-refractivity contribution < 1.29 is 9.90 Å². The molecule has 0 saturated heterocycles. The fourth-order valence-corrected chi connectivity index (χ4v) is 2.07. The van der Waals surface area contributed by atoms with Crippen molar-refractivity contribution in [2.24, 2.45) is 7.05 Å². The number of aromatic nitrogens is 2. The molecule has 0 aliphatic carbocycles. The van der Waals surface area contributed by atoms with E-state index < -0.39 is 5.97 Å². The Morgan fingerprint density at radius 1 is 1.47 bits per heavy atom. The highest BCUT2D eigenvalue weighted by Gasteiger charge is 2.04. The maximum Gasteiger partial charge on any atom is 0.303 e. The third-order valence-corrected chi connectivity index (χ3v) is 3.24. The second kappa shape index (κ2) is 5.84. The summed E-state index contributed by atoms with van der Waals surface area (Å²) in [7, 11) is 2.01. The Balaban J connectivity index is 1.92. The molecule has 1 aromatic carbocycles. The van der Waals surface area contributed by atoms with Gasteiger partial charge in [-0.3, -0.25) is 4.79 Å².